The molecule has 1 aromatic rings. The summed E-state index contributed by atoms with van der Waals surface area (Å²) in [6.07, 6.45) is 2.93. The van der Waals surface area contributed by atoms with Crippen molar-refractivity contribution in [2.24, 2.45) is 5.92 Å². The van der Waals surface area contributed by atoms with Gasteiger partial charge >= 0.3 is 0 Å². The van der Waals surface area contributed by atoms with E-state index in [2.05, 4.69) is 18.6 Å². The van der Waals surface area contributed by atoms with Crippen LogP contribution in [0.4, 0.5) is 5.69 Å². The van der Waals surface area contributed by atoms with Gasteiger partial charge in [-0.3, -0.25) is 0 Å². The quantitative estimate of drug-likeness (QED) is 0.723. The molecule has 1 unspecified atom stereocenters. The number of rotatable bonds is 8. The SMILES string of the molecule is COc1cc(S(=O)(=O)NC(C)CCCC(C)C)ccc1N. The van der Waals surface area contributed by atoms with E-state index in [4.69, 9.17) is 10.5 Å². The second-order valence-corrected chi connectivity index (χ2v) is 7.46. The van der Waals surface area contributed by atoms with Gasteiger partial charge in [-0.2, -0.15) is 0 Å². The monoisotopic (exact) mass is 314 g/mol. The minimum absolute atomic E-state index is 0.0997. The topological polar surface area (TPSA) is 81.4 Å². The van der Waals surface area contributed by atoms with Gasteiger partial charge in [0.05, 0.1) is 17.7 Å². The number of ether oxygens (including phenoxy) is 1. The van der Waals surface area contributed by atoms with Crippen LogP contribution in [0.2, 0.25) is 0 Å². The Balaban J connectivity index is 2.72. The summed E-state index contributed by atoms with van der Waals surface area (Å²) in [4.78, 5) is 0.171. The Morgan fingerprint density at radius 2 is 1.90 bits per heavy atom. The molecule has 0 radical (unpaired) electrons. The number of nitrogens with one attached hydrogen (secondary N) is 1. The predicted molar refractivity (Wildman–Crippen MR) is 85.9 cm³/mol. The number of hydrogen-bond donors (Lipinski definition) is 2. The van der Waals surface area contributed by atoms with Crippen LogP contribution in [0.3, 0.4) is 0 Å². The van der Waals surface area contributed by atoms with E-state index in [1.165, 1.54) is 25.3 Å². The van der Waals surface area contributed by atoms with Gasteiger partial charge in [-0.25, -0.2) is 13.1 Å². The fraction of sp³-hybridized carbons (Fsp3) is 0.600. The van der Waals surface area contributed by atoms with Crippen molar-refractivity contribution >= 4 is 15.7 Å². The maximum atomic E-state index is 12.3. The van der Waals surface area contributed by atoms with Crippen LogP contribution < -0.4 is 15.2 Å². The molecule has 0 saturated carbocycles. The van der Waals surface area contributed by atoms with Crippen molar-refractivity contribution in [3.05, 3.63) is 18.2 Å². The minimum atomic E-state index is -3.55. The molecule has 0 spiro atoms. The lowest BCUT2D eigenvalue weighted by Crippen LogP contribution is -2.32. The van der Waals surface area contributed by atoms with Gasteiger partial charge < -0.3 is 10.5 Å². The van der Waals surface area contributed by atoms with E-state index in [1.54, 1.807) is 0 Å². The summed E-state index contributed by atoms with van der Waals surface area (Å²) in [6.45, 7) is 6.21. The predicted octanol–water partition coefficient (Wildman–Crippen LogP) is 2.77. The standard InChI is InChI=1S/C15H26N2O3S/c1-11(2)6-5-7-12(3)17-21(18,19)13-8-9-14(16)15(10-13)20-4/h8-12,17H,5-7,16H2,1-4H3. The second-order valence-electron chi connectivity index (χ2n) is 5.75. The van der Waals surface area contributed by atoms with Crippen LogP contribution in [0, 0.1) is 5.92 Å². The first-order valence-corrected chi connectivity index (χ1v) is 8.70. The molecule has 0 aromatic heterocycles. The van der Waals surface area contributed by atoms with Crippen LogP contribution in [-0.4, -0.2) is 21.6 Å². The number of sulfonamides is 1. The van der Waals surface area contributed by atoms with Crippen LogP contribution in [0.1, 0.15) is 40.0 Å². The fourth-order valence-electron chi connectivity index (χ4n) is 2.08. The lowest BCUT2D eigenvalue weighted by atomic mass is 10.0. The van der Waals surface area contributed by atoms with E-state index in [0.29, 0.717) is 17.4 Å². The van der Waals surface area contributed by atoms with E-state index < -0.39 is 10.0 Å². The summed E-state index contributed by atoms with van der Waals surface area (Å²) < 4.78 is 32.4. The highest BCUT2D eigenvalue weighted by Gasteiger charge is 2.18. The maximum Gasteiger partial charge on any atom is 0.240 e. The number of benzene rings is 1. The van der Waals surface area contributed by atoms with Gasteiger partial charge in [0.15, 0.2) is 0 Å². The summed E-state index contributed by atoms with van der Waals surface area (Å²) in [5.74, 6) is 1.00. The van der Waals surface area contributed by atoms with Gasteiger partial charge in [0.2, 0.25) is 10.0 Å². The summed E-state index contributed by atoms with van der Waals surface area (Å²) in [5, 5.41) is 0. The van der Waals surface area contributed by atoms with Crippen molar-refractivity contribution in [2.45, 2.75) is 51.0 Å². The largest absolute Gasteiger partial charge is 0.495 e. The normalized spacial score (nSPS) is 13.4. The van der Waals surface area contributed by atoms with Crippen molar-refractivity contribution in [3.8, 4) is 5.75 Å². The molecular formula is C15H26N2O3S. The number of hydrogen-bond acceptors (Lipinski definition) is 4. The summed E-state index contributed by atoms with van der Waals surface area (Å²) >= 11 is 0. The highest BCUT2D eigenvalue weighted by Crippen LogP contribution is 2.24. The summed E-state index contributed by atoms with van der Waals surface area (Å²) in [7, 11) is -2.08. The second kappa shape index (κ2) is 7.66. The van der Waals surface area contributed by atoms with E-state index in [-0.39, 0.29) is 10.9 Å². The Morgan fingerprint density at radius 1 is 1.24 bits per heavy atom. The third-order valence-corrected chi connectivity index (χ3v) is 4.88. The Morgan fingerprint density at radius 3 is 2.48 bits per heavy atom. The first-order valence-electron chi connectivity index (χ1n) is 7.22. The zero-order chi connectivity index (χ0) is 16.0. The molecule has 0 heterocycles. The third-order valence-electron chi connectivity index (χ3n) is 3.29. The zero-order valence-corrected chi connectivity index (χ0v) is 14.0. The molecule has 3 N–H and O–H groups in total. The van der Waals surface area contributed by atoms with Gasteiger partial charge in [0, 0.05) is 12.1 Å². The van der Waals surface area contributed by atoms with Crippen molar-refractivity contribution in [2.75, 3.05) is 12.8 Å². The number of nitrogens with two attached hydrogens (primary N) is 1. The van der Waals surface area contributed by atoms with Gasteiger partial charge in [-0.05, 0) is 31.4 Å². The van der Waals surface area contributed by atoms with E-state index in [9.17, 15) is 8.42 Å². The highest BCUT2D eigenvalue weighted by atomic mass is 32.2. The Labute approximate surface area is 127 Å². The van der Waals surface area contributed by atoms with Gasteiger partial charge in [0.25, 0.3) is 0 Å². The molecule has 0 aliphatic carbocycles. The van der Waals surface area contributed by atoms with Crippen LogP contribution in [0.25, 0.3) is 0 Å². The van der Waals surface area contributed by atoms with Crippen molar-refractivity contribution in [1.29, 1.82) is 0 Å². The lowest BCUT2D eigenvalue weighted by molar-refractivity contribution is 0.415. The van der Waals surface area contributed by atoms with Crippen LogP contribution >= 0.6 is 0 Å². The van der Waals surface area contributed by atoms with Crippen LogP contribution in [-0.2, 0) is 10.0 Å². The molecule has 0 aliphatic rings. The number of anilines is 1. The molecule has 0 saturated heterocycles. The first kappa shape index (κ1) is 17.8. The van der Waals surface area contributed by atoms with E-state index in [0.717, 1.165) is 19.3 Å². The van der Waals surface area contributed by atoms with Gasteiger partial charge in [-0.15, -0.1) is 0 Å². The maximum absolute atomic E-state index is 12.3. The Hall–Kier alpha value is -1.27. The molecule has 120 valence electrons. The minimum Gasteiger partial charge on any atom is -0.495 e. The van der Waals surface area contributed by atoms with Crippen molar-refractivity contribution in [3.63, 3.8) is 0 Å². The molecule has 0 fully saturated rings. The van der Waals surface area contributed by atoms with E-state index in [1.807, 2.05) is 6.92 Å². The molecule has 1 rings (SSSR count). The lowest BCUT2D eigenvalue weighted by Gasteiger charge is -2.15. The average Bonchev–Trinajstić information content (AvgIpc) is 2.37. The Kier molecular flexibility index (Phi) is 6.48. The highest BCUT2D eigenvalue weighted by molar-refractivity contribution is 7.89. The average molecular weight is 314 g/mol. The van der Waals surface area contributed by atoms with E-state index >= 15 is 0 Å². The van der Waals surface area contributed by atoms with Crippen molar-refractivity contribution < 1.29 is 13.2 Å². The number of methoxy groups -OCH3 is 1. The first-order chi connectivity index (χ1) is 9.76. The smallest absolute Gasteiger partial charge is 0.240 e. The number of nitrogen functional groups attached to an aromatic ring is 1. The molecular weight excluding hydrogens is 288 g/mol. The molecule has 6 heteroatoms. The van der Waals surface area contributed by atoms with Crippen LogP contribution in [0.15, 0.2) is 23.1 Å². The third kappa shape index (κ3) is 5.55. The summed E-state index contributed by atoms with van der Waals surface area (Å²) in [6, 6.07) is 4.37. The Bertz CT molecular complexity index is 556. The van der Waals surface area contributed by atoms with Gasteiger partial charge in [0.1, 0.15) is 5.75 Å². The van der Waals surface area contributed by atoms with Crippen LogP contribution in [0.5, 0.6) is 5.75 Å². The molecule has 5 nitrogen and oxygen atoms in total. The molecule has 0 amide bonds. The van der Waals surface area contributed by atoms with Crippen molar-refractivity contribution in [1.82, 2.24) is 4.72 Å². The molecule has 1 atom stereocenters. The molecule has 21 heavy (non-hydrogen) atoms. The molecule has 0 aliphatic heterocycles. The van der Waals surface area contributed by atoms with Gasteiger partial charge in [-0.1, -0.05) is 26.7 Å². The molecule has 1 aromatic carbocycles. The summed E-state index contributed by atoms with van der Waals surface area (Å²) in [5.41, 5.74) is 6.12. The zero-order valence-electron chi connectivity index (χ0n) is 13.2. The fourth-order valence-corrected chi connectivity index (χ4v) is 3.38. The molecule has 0 bridgehead atoms.